The lowest BCUT2D eigenvalue weighted by Crippen LogP contribution is -2.35. The minimum absolute atomic E-state index is 0.238. The number of benzene rings is 2. The fourth-order valence-electron chi connectivity index (χ4n) is 3.49. The van der Waals surface area contributed by atoms with E-state index in [9.17, 15) is 13.2 Å². The van der Waals surface area contributed by atoms with E-state index in [1.165, 1.54) is 16.4 Å². The van der Waals surface area contributed by atoms with Gasteiger partial charge in [-0.1, -0.05) is 38.5 Å². The number of carbonyl (C=O) groups excluding carboxylic acids is 1. The summed E-state index contributed by atoms with van der Waals surface area (Å²) in [5, 5.41) is 2.96. The van der Waals surface area contributed by atoms with Crippen molar-refractivity contribution in [2.24, 2.45) is 0 Å². The first-order valence-corrected chi connectivity index (χ1v) is 11.4. The van der Waals surface area contributed by atoms with Crippen molar-refractivity contribution >= 4 is 21.6 Å². The van der Waals surface area contributed by atoms with Gasteiger partial charge in [-0.05, 0) is 61.1 Å². The molecule has 0 aliphatic carbocycles. The van der Waals surface area contributed by atoms with Crippen molar-refractivity contribution in [2.75, 3.05) is 18.4 Å². The molecule has 0 bridgehead atoms. The van der Waals surface area contributed by atoms with Gasteiger partial charge in [0.2, 0.25) is 10.0 Å². The van der Waals surface area contributed by atoms with E-state index in [0.717, 1.165) is 36.9 Å². The Morgan fingerprint density at radius 1 is 1.04 bits per heavy atom. The first kappa shape index (κ1) is 20.6. The molecule has 2 aromatic carbocycles. The molecule has 1 heterocycles. The van der Waals surface area contributed by atoms with Gasteiger partial charge in [0, 0.05) is 24.3 Å². The van der Waals surface area contributed by atoms with Crippen LogP contribution in [0.2, 0.25) is 0 Å². The SMILES string of the molecule is CCC(C)c1ccccc1NC(=O)c1ccc(S(=O)(=O)N2CCCCC2)cc1. The summed E-state index contributed by atoms with van der Waals surface area (Å²) in [6, 6.07) is 14.0. The minimum atomic E-state index is -3.48. The van der Waals surface area contributed by atoms with Gasteiger partial charge in [-0.2, -0.15) is 4.31 Å². The summed E-state index contributed by atoms with van der Waals surface area (Å²) in [5.74, 6) is 0.103. The Morgan fingerprint density at radius 3 is 2.32 bits per heavy atom. The number of sulfonamides is 1. The van der Waals surface area contributed by atoms with Crippen LogP contribution >= 0.6 is 0 Å². The first-order chi connectivity index (χ1) is 13.4. The Kier molecular flexibility index (Phi) is 6.52. The molecule has 0 radical (unpaired) electrons. The summed E-state index contributed by atoms with van der Waals surface area (Å²) < 4.78 is 27.0. The molecule has 5 nitrogen and oxygen atoms in total. The van der Waals surface area contributed by atoms with Gasteiger partial charge < -0.3 is 5.32 Å². The van der Waals surface area contributed by atoms with E-state index in [4.69, 9.17) is 0 Å². The zero-order chi connectivity index (χ0) is 20.1. The van der Waals surface area contributed by atoms with Gasteiger partial charge >= 0.3 is 0 Å². The molecular formula is C22H28N2O3S. The summed E-state index contributed by atoms with van der Waals surface area (Å²) in [4.78, 5) is 12.9. The number of para-hydroxylation sites is 1. The Bertz CT molecular complexity index is 917. The van der Waals surface area contributed by atoms with Crippen LogP contribution in [0, 0.1) is 0 Å². The molecule has 1 fully saturated rings. The second-order valence-corrected chi connectivity index (χ2v) is 9.28. The van der Waals surface area contributed by atoms with Crippen LogP contribution in [0.1, 0.15) is 61.4 Å². The number of rotatable bonds is 6. The third kappa shape index (κ3) is 4.45. The lowest BCUT2D eigenvalue weighted by Gasteiger charge is -2.25. The normalized spacial score (nSPS) is 16.5. The van der Waals surface area contributed by atoms with Crippen LogP contribution in [-0.2, 0) is 10.0 Å². The van der Waals surface area contributed by atoms with Crippen molar-refractivity contribution in [3.8, 4) is 0 Å². The summed E-state index contributed by atoms with van der Waals surface area (Å²) >= 11 is 0. The van der Waals surface area contributed by atoms with E-state index in [-0.39, 0.29) is 10.8 Å². The largest absolute Gasteiger partial charge is 0.322 e. The first-order valence-electron chi connectivity index (χ1n) is 9.94. The minimum Gasteiger partial charge on any atom is -0.322 e. The number of nitrogens with zero attached hydrogens (tertiary/aromatic N) is 1. The molecule has 28 heavy (non-hydrogen) atoms. The maximum absolute atomic E-state index is 12.7. The number of hydrogen-bond donors (Lipinski definition) is 1. The van der Waals surface area contributed by atoms with E-state index in [1.807, 2.05) is 24.3 Å². The highest BCUT2D eigenvalue weighted by molar-refractivity contribution is 7.89. The molecule has 1 amide bonds. The molecule has 1 aliphatic heterocycles. The fourth-order valence-corrected chi connectivity index (χ4v) is 5.00. The summed E-state index contributed by atoms with van der Waals surface area (Å²) in [7, 11) is -3.48. The molecule has 3 rings (SSSR count). The number of amides is 1. The molecule has 1 N–H and O–H groups in total. The monoisotopic (exact) mass is 400 g/mol. The predicted molar refractivity (Wildman–Crippen MR) is 112 cm³/mol. The maximum atomic E-state index is 12.7. The second-order valence-electron chi connectivity index (χ2n) is 7.34. The zero-order valence-electron chi connectivity index (χ0n) is 16.5. The van der Waals surface area contributed by atoms with E-state index >= 15 is 0 Å². The maximum Gasteiger partial charge on any atom is 0.255 e. The van der Waals surface area contributed by atoms with Gasteiger partial charge in [0.1, 0.15) is 0 Å². The summed E-state index contributed by atoms with van der Waals surface area (Å²) in [6.45, 7) is 5.38. The van der Waals surface area contributed by atoms with Gasteiger partial charge in [0.15, 0.2) is 0 Å². The van der Waals surface area contributed by atoms with Gasteiger partial charge in [0.05, 0.1) is 4.90 Å². The summed E-state index contributed by atoms with van der Waals surface area (Å²) in [5.41, 5.74) is 2.34. The van der Waals surface area contributed by atoms with Crippen molar-refractivity contribution in [3.63, 3.8) is 0 Å². The lowest BCUT2D eigenvalue weighted by molar-refractivity contribution is 0.102. The van der Waals surface area contributed by atoms with Crippen molar-refractivity contribution in [2.45, 2.75) is 50.3 Å². The molecule has 0 spiro atoms. The Labute approximate surface area is 167 Å². The molecule has 0 saturated carbocycles. The molecule has 2 aromatic rings. The Hall–Kier alpha value is -2.18. The third-order valence-electron chi connectivity index (χ3n) is 5.42. The lowest BCUT2D eigenvalue weighted by atomic mass is 9.97. The van der Waals surface area contributed by atoms with Crippen LogP contribution in [0.4, 0.5) is 5.69 Å². The molecule has 1 aliphatic rings. The Morgan fingerprint density at radius 2 is 1.68 bits per heavy atom. The fraction of sp³-hybridized carbons (Fsp3) is 0.409. The predicted octanol–water partition coefficient (Wildman–Crippen LogP) is 4.63. The van der Waals surface area contributed by atoms with Crippen LogP contribution < -0.4 is 5.32 Å². The van der Waals surface area contributed by atoms with Crippen molar-refractivity contribution < 1.29 is 13.2 Å². The van der Waals surface area contributed by atoms with Gasteiger partial charge in [0.25, 0.3) is 5.91 Å². The number of piperidine rings is 1. The van der Waals surface area contributed by atoms with Crippen molar-refractivity contribution in [3.05, 3.63) is 59.7 Å². The van der Waals surface area contributed by atoms with E-state index in [0.29, 0.717) is 24.6 Å². The topological polar surface area (TPSA) is 66.5 Å². The standard InChI is InChI=1S/C22H28N2O3S/c1-3-17(2)20-9-5-6-10-21(20)23-22(25)18-11-13-19(14-12-18)28(26,27)24-15-7-4-8-16-24/h5-6,9-14,17H,3-4,7-8,15-16H2,1-2H3,(H,23,25). The van der Waals surface area contributed by atoms with Gasteiger partial charge in [-0.3, -0.25) is 4.79 Å². The number of carbonyl (C=O) groups is 1. The molecular weight excluding hydrogens is 372 g/mol. The number of anilines is 1. The van der Waals surface area contributed by atoms with Crippen molar-refractivity contribution in [1.82, 2.24) is 4.31 Å². The molecule has 0 aromatic heterocycles. The van der Waals surface area contributed by atoms with Crippen molar-refractivity contribution in [1.29, 1.82) is 0 Å². The van der Waals surface area contributed by atoms with E-state index < -0.39 is 10.0 Å². The number of nitrogens with one attached hydrogen (secondary N) is 1. The molecule has 1 saturated heterocycles. The Balaban J connectivity index is 1.76. The molecule has 1 unspecified atom stereocenters. The molecule has 6 heteroatoms. The quantitative estimate of drug-likeness (QED) is 0.769. The highest BCUT2D eigenvalue weighted by Crippen LogP contribution is 2.27. The zero-order valence-corrected chi connectivity index (χ0v) is 17.3. The molecule has 150 valence electrons. The highest BCUT2D eigenvalue weighted by Gasteiger charge is 2.26. The van der Waals surface area contributed by atoms with E-state index in [2.05, 4.69) is 19.2 Å². The van der Waals surface area contributed by atoms with E-state index in [1.54, 1.807) is 12.1 Å². The van der Waals surface area contributed by atoms with Crippen LogP contribution in [-0.4, -0.2) is 31.7 Å². The van der Waals surface area contributed by atoms with Gasteiger partial charge in [-0.15, -0.1) is 0 Å². The average molecular weight is 401 g/mol. The highest BCUT2D eigenvalue weighted by atomic mass is 32.2. The van der Waals surface area contributed by atoms with Crippen LogP contribution in [0.15, 0.2) is 53.4 Å². The smallest absolute Gasteiger partial charge is 0.255 e. The number of hydrogen-bond acceptors (Lipinski definition) is 3. The third-order valence-corrected chi connectivity index (χ3v) is 7.33. The van der Waals surface area contributed by atoms with Crippen LogP contribution in [0.5, 0.6) is 0 Å². The van der Waals surface area contributed by atoms with Gasteiger partial charge in [-0.25, -0.2) is 8.42 Å². The van der Waals surface area contributed by atoms with Crippen LogP contribution in [0.3, 0.4) is 0 Å². The van der Waals surface area contributed by atoms with Crippen LogP contribution in [0.25, 0.3) is 0 Å². The average Bonchev–Trinajstić information content (AvgIpc) is 2.74. The second kappa shape index (κ2) is 8.88. The molecule has 1 atom stereocenters. The summed E-state index contributed by atoms with van der Waals surface area (Å²) in [6.07, 6.45) is 3.85.